The maximum absolute atomic E-state index is 12.5. The first-order valence-corrected chi connectivity index (χ1v) is 6.11. The zero-order valence-electron chi connectivity index (χ0n) is 11.1. The number of aromatic nitrogens is 5. The highest BCUT2D eigenvalue weighted by Crippen LogP contribution is 2.29. The third kappa shape index (κ3) is 3.17. The summed E-state index contributed by atoms with van der Waals surface area (Å²) in [6.45, 7) is 0. The molecule has 0 aliphatic rings. The van der Waals surface area contributed by atoms with Gasteiger partial charge in [0.2, 0.25) is 5.82 Å². The van der Waals surface area contributed by atoms with Gasteiger partial charge in [-0.05, 0) is 12.1 Å². The number of H-pyrrole nitrogens is 1. The number of aromatic amines is 1. The first kappa shape index (κ1) is 14.7. The van der Waals surface area contributed by atoms with Crippen LogP contribution in [-0.4, -0.2) is 25.1 Å². The molecular weight excluding hydrogens is 317 g/mol. The summed E-state index contributed by atoms with van der Waals surface area (Å²) in [6.07, 6.45) is -0.788. The van der Waals surface area contributed by atoms with E-state index >= 15 is 0 Å². The molecule has 2 N–H and O–H groups in total. The van der Waals surface area contributed by atoms with E-state index in [2.05, 4.69) is 34.9 Å². The minimum atomic E-state index is -4.52. The summed E-state index contributed by atoms with van der Waals surface area (Å²) in [5.41, 5.74) is -0.591. The lowest BCUT2D eigenvalue weighted by Gasteiger charge is -2.09. The van der Waals surface area contributed by atoms with Crippen LogP contribution in [0.15, 0.2) is 40.0 Å². The van der Waals surface area contributed by atoms with E-state index in [4.69, 9.17) is 0 Å². The van der Waals surface area contributed by atoms with Gasteiger partial charge in [0.1, 0.15) is 5.69 Å². The molecule has 0 aliphatic heterocycles. The summed E-state index contributed by atoms with van der Waals surface area (Å²) in [7, 11) is 0. The molecule has 23 heavy (non-hydrogen) atoms. The lowest BCUT2D eigenvalue weighted by Crippen LogP contribution is -2.08. The molecule has 0 saturated heterocycles. The van der Waals surface area contributed by atoms with E-state index in [1.54, 1.807) is 0 Å². The number of nitrogens with zero attached hydrogens (tertiary/aromatic N) is 4. The molecular formula is C12H7F3N6O2. The Bertz CT molecular complexity index is 871. The largest absolute Gasteiger partial charge is 0.439 e. The van der Waals surface area contributed by atoms with E-state index in [1.165, 1.54) is 18.5 Å². The van der Waals surface area contributed by atoms with Crippen molar-refractivity contribution in [2.24, 2.45) is 0 Å². The predicted molar refractivity (Wildman–Crippen MR) is 70.7 cm³/mol. The van der Waals surface area contributed by atoms with Crippen LogP contribution in [0.4, 0.5) is 24.7 Å². The van der Waals surface area contributed by atoms with Gasteiger partial charge in [-0.2, -0.15) is 13.2 Å². The number of pyridine rings is 1. The Kier molecular flexibility index (Phi) is 3.52. The van der Waals surface area contributed by atoms with E-state index in [0.717, 1.165) is 12.3 Å². The lowest BCUT2D eigenvalue weighted by atomic mass is 10.3. The summed E-state index contributed by atoms with van der Waals surface area (Å²) in [6, 6.07) is 2.02. The van der Waals surface area contributed by atoms with Gasteiger partial charge in [-0.25, -0.2) is 19.7 Å². The van der Waals surface area contributed by atoms with Gasteiger partial charge in [0.15, 0.2) is 11.5 Å². The second-order valence-corrected chi connectivity index (χ2v) is 4.25. The molecule has 8 nitrogen and oxygen atoms in total. The van der Waals surface area contributed by atoms with Crippen molar-refractivity contribution < 1.29 is 17.7 Å². The SMILES string of the molecule is O=c1[nH]c(-c2nccnc2Nc2ccc(C(F)(F)F)nc2)no1. The van der Waals surface area contributed by atoms with E-state index in [9.17, 15) is 18.0 Å². The van der Waals surface area contributed by atoms with Gasteiger partial charge < -0.3 is 5.32 Å². The zero-order valence-corrected chi connectivity index (χ0v) is 11.1. The molecule has 0 amide bonds. The molecule has 0 spiro atoms. The Morgan fingerprint density at radius 3 is 2.52 bits per heavy atom. The Morgan fingerprint density at radius 2 is 1.91 bits per heavy atom. The topological polar surface area (TPSA) is 110 Å². The van der Waals surface area contributed by atoms with Crippen LogP contribution in [0.3, 0.4) is 0 Å². The van der Waals surface area contributed by atoms with Crippen LogP contribution in [0.2, 0.25) is 0 Å². The third-order valence-electron chi connectivity index (χ3n) is 2.68. The predicted octanol–water partition coefficient (Wildman–Crippen LogP) is 1.98. The van der Waals surface area contributed by atoms with Crippen molar-refractivity contribution in [3.8, 4) is 11.5 Å². The van der Waals surface area contributed by atoms with Crippen LogP contribution >= 0.6 is 0 Å². The van der Waals surface area contributed by atoms with E-state index in [0.29, 0.717) is 0 Å². The monoisotopic (exact) mass is 324 g/mol. The van der Waals surface area contributed by atoms with Crippen molar-refractivity contribution in [3.63, 3.8) is 0 Å². The Morgan fingerprint density at radius 1 is 1.13 bits per heavy atom. The molecule has 3 aromatic rings. The first-order chi connectivity index (χ1) is 10.9. The molecule has 0 fully saturated rings. The van der Waals surface area contributed by atoms with Crippen molar-refractivity contribution in [2.45, 2.75) is 6.18 Å². The van der Waals surface area contributed by atoms with E-state index in [-0.39, 0.29) is 23.0 Å². The minimum Gasteiger partial charge on any atom is -0.337 e. The zero-order chi connectivity index (χ0) is 16.4. The van der Waals surface area contributed by atoms with Gasteiger partial charge in [0.25, 0.3) is 0 Å². The number of nitrogens with one attached hydrogen (secondary N) is 2. The number of hydrogen-bond acceptors (Lipinski definition) is 7. The van der Waals surface area contributed by atoms with Gasteiger partial charge >= 0.3 is 11.9 Å². The molecule has 11 heteroatoms. The molecule has 3 heterocycles. The summed E-state index contributed by atoms with van der Waals surface area (Å²) < 4.78 is 41.8. The Balaban J connectivity index is 1.90. The second-order valence-electron chi connectivity index (χ2n) is 4.25. The summed E-state index contributed by atoms with van der Waals surface area (Å²) >= 11 is 0. The molecule has 3 rings (SSSR count). The molecule has 0 unspecified atom stereocenters. The normalized spacial score (nSPS) is 11.4. The van der Waals surface area contributed by atoms with Crippen LogP contribution in [0, 0.1) is 0 Å². The number of hydrogen-bond donors (Lipinski definition) is 2. The lowest BCUT2D eigenvalue weighted by molar-refractivity contribution is -0.141. The van der Waals surface area contributed by atoms with Gasteiger partial charge in [-0.1, -0.05) is 5.16 Å². The van der Waals surface area contributed by atoms with Crippen molar-refractivity contribution >= 4 is 11.5 Å². The molecule has 0 atom stereocenters. The number of halogens is 3. The molecule has 0 radical (unpaired) electrons. The van der Waals surface area contributed by atoms with Crippen LogP contribution < -0.4 is 11.1 Å². The smallest absolute Gasteiger partial charge is 0.337 e. The maximum Gasteiger partial charge on any atom is 0.439 e. The van der Waals surface area contributed by atoms with Crippen molar-refractivity contribution in [1.82, 2.24) is 25.1 Å². The van der Waals surface area contributed by atoms with Crippen molar-refractivity contribution in [3.05, 3.63) is 47.0 Å². The maximum atomic E-state index is 12.5. The van der Waals surface area contributed by atoms with E-state index < -0.39 is 17.6 Å². The highest BCUT2D eigenvalue weighted by Gasteiger charge is 2.32. The average Bonchev–Trinajstić information content (AvgIpc) is 2.94. The molecule has 0 bridgehead atoms. The number of anilines is 2. The van der Waals surface area contributed by atoms with Gasteiger partial charge in [-0.15, -0.1) is 0 Å². The summed E-state index contributed by atoms with van der Waals surface area (Å²) in [4.78, 5) is 24.6. The van der Waals surface area contributed by atoms with Crippen molar-refractivity contribution in [1.29, 1.82) is 0 Å². The average molecular weight is 324 g/mol. The third-order valence-corrected chi connectivity index (χ3v) is 2.68. The number of alkyl halides is 3. The van der Waals surface area contributed by atoms with Crippen LogP contribution in [0.5, 0.6) is 0 Å². The molecule has 0 saturated carbocycles. The highest BCUT2D eigenvalue weighted by molar-refractivity contribution is 5.70. The standard InChI is InChI=1S/C12H7F3N6O2/c13-12(14,15)7-2-1-6(5-18-7)19-9-8(16-3-4-17-9)10-20-11(22)23-21-10/h1-5H,(H,17,19)(H,20,21,22). The quantitative estimate of drug-likeness (QED) is 0.758. The summed E-state index contributed by atoms with van der Waals surface area (Å²) in [5, 5.41) is 6.24. The second kappa shape index (κ2) is 5.51. The van der Waals surface area contributed by atoms with Crippen LogP contribution in [0.1, 0.15) is 5.69 Å². The van der Waals surface area contributed by atoms with Crippen LogP contribution in [-0.2, 0) is 6.18 Å². The first-order valence-electron chi connectivity index (χ1n) is 6.11. The molecule has 0 aromatic carbocycles. The molecule has 118 valence electrons. The highest BCUT2D eigenvalue weighted by atomic mass is 19.4. The van der Waals surface area contributed by atoms with Gasteiger partial charge in [-0.3, -0.25) is 9.51 Å². The van der Waals surface area contributed by atoms with Gasteiger partial charge in [0, 0.05) is 12.4 Å². The van der Waals surface area contributed by atoms with Crippen molar-refractivity contribution in [2.75, 3.05) is 5.32 Å². The van der Waals surface area contributed by atoms with Gasteiger partial charge in [0.05, 0.1) is 11.9 Å². The fourth-order valence-electron chi connectivity index (χ4n) is 1.71. The fourth-order valence-corrected chi connectivity index (χ4v) is 1.71. The minimum absolute atomic E-state index is 0.0328. The number of rotatable bonds is 3. The summed E-state index contributed by atoms with van der Waals surface area (Å²) in [5.74, 6) is -0.572. The van der Waals surface area contributed by atoms with E-state index in [1.807, 2.05) is 0 Å². The Hall–Kier alpha value is -3.24. The molecule has 3 aromatic heterocycles. The molecule has 0 aliphatic carbocycles. The van der Waals surface area contributed by atoms with Crippen LogP contribution in [0.25, 0.3) is 11.5 Å². The Labute approximate surface area is 125 Å². The fraction of sp³-hybridized carbons (Fsp3) is 0.0833.